The lowest BCUT2D eigenvalue weighted by atomic mass is 9.85. The number of anilines is 1. The van der Waals surface area contributed by atoms with E-state index in [1.54, 1.807) is 6.07 Å². The van der Waals surface area contributed by atoms with Gasteiger partial charge in [0.05, 0.1) is 17.4 Å². The Morgan fingerprint density at radius 1 is 1.27 bits per heavy atom. The number of hydrogen-bond donors (Lipinski definition) is 3. The van der Waals surface area contributed by atoms with Crippen LogP contribution in [0.15, 0.2) is 24.3 Å². The van der Waals surface area contributed by atoms with E-state index >= 15 is 0 Å². The van der Waals surface area contributed by atoms with Gasteiger partial charge in [-0.05, 0) is 38.8 Å². The minimum absolute atomic E-state index is 0.0361. The number of benzene rings is 1. The third kappa shape index (κ3) is 4.91. The van der Waals surface area contributed by atoms with Crippen molar-refractivity contribution in [3.05, 3.63) is 24.3 Å². The lowest BCUT2D eigenvalue weighted by Gasteiger charge is -2.32. The zero-order valence-electron chi connectivity index (χ0n) is 13.4. The molecule has 0 heterocycles. The monoisotopic (exact) mass is 306 g/mol. The molecule has 0 radical (unpaired) electrons. The highest BCUT2D eigenvalue weighted by molar-refractivity contribution is 5.90. The minimum Gasteiger partial charge on any atom is -0.489 e. The number of amides is 2. The van der Waals surface area contributed by atoms with Crippen LogP contribution in [0.1, 0.15) is 46.0 Å². The Morgan fingerprint density at radius 2 is 1.95 bits per heavy atom. The minimum atomic E-state index is -0.760. The van der Waals surface area contributed by atoms with E-state index in [2.05, 4.69) is 10.6 Å². The first kappa shape index (κ1) is 16.6. The van der Waals surface area contributed by atoms with Gasteiger partial charge in [-0.25, -0.2) is 4.79 Å². The van der Waals surface area contributed by atoms with Gasteiger partial charge in [0, 0.05) is 6.54 Å². The maximum absolute atomic E-state index is 12.0. The fraction of sp³-hybridized carbons (Fsp3) is 0.588. The molecule has 0 aromatic heterocycles. The van der Waals surface area contributed by atoms with Crippen LogP contribution in [0.25, 0.3) is 0 Å². The highest BCUT2D eigenvalue weighted by Gasteiger charge is 2.29. The van der Waals surface area contributed by atoms with E-state index in [1.165, 1.54) is 0 Å². The zero-order valence-corrected chi connectivity index (χ0v) is 13.4. The van der Waals surface area contributed by atoms with Crippen LogP contribution in [-0.4, -0.2) is 29.4 Å². The third-order valence-electron chi connectivity index (χ3n) is 3.86. The van der Waals surface area contributed by atoms with Crippen molar-refractivity contribution in [1.29, 1.82) is 0 Å². The van der Waals surface area contributed by atoms with Gasteiger partial charge in [0.2, 0.25) is 0 Å². The highest BCUT2D eigenvalue weighted by Crippen LogP contribution is 2.27. The molecule has 1 aromatic rings. The Morgan fingerprint density at radius 3 is 2.64 bits per heavy atom. The van der Waals surface area contributed by atoms with Crippen LogP contribution in [0.5, 0.6) is 5.75 Å². The van der Waals surface area contributed by atoms with Gasteiger partial charge in [-0.15, -0.1) is 0 Å². The van der Waals surface area contributed by atoms with Crippen LogP contribution in [0, 0.1) is 0 Å². The normalized spacial score (nSPS) is 17.1. The third-order valence-corrected chi connectivity index (χ3v) is 3.86. The number of aliphatic hydroxyl groups is 1. The van der Waals surface area contributed by atoms with E-state index in [4.69, 9.17) is 4.74 Å². The van der Waals surface area contributed by atoms with Gasteiger partial charge in [0.25, 0.3) is 0 Å². The first-order valence-electron chi connectivity index (χ1n) is 8.01. The standard InChI is InChI=1S/C17H26N2O3/c1-13(2)22-15-9-5-4-8-14(15)19-16(20)18-12-17(21)10-6-3-7-11-17/h4-5,8-9,13,21H,3,6-7,10-12H2,1-2H3,(H2,18,19,20). The van der Waals surface area contributed by atoms with Crippen LogP contribution in [0.3, 0.4) is 0 Å². The van der Waals surface area contributed by atoms with Crippen LogP contribution < -0.4 is 15.4 Å². The molecular formula is C17H26N2O3. The van der Waals surface area contributed by atoms with Crippen molar-refractivity contribution in [3.8, 4) is 5.75 Å². The van der Waals surface area contributed by atoms with Crippen LogP contribution >= 0.6 is 0 Å². The number of carbonyl (C=O) groups is 1. The number of rotatable bonds is 5. The maximum Gasteiger partial charge on any atom is 0.319 e. The molecule has 1 aliphatic carbocycles. The first-order valence-corrected chi connectivity index (χ1v) is 8.01. The molecule has 1 aliphatic rings. The lowest BCUT2D eigenvalue weighted by Crippen LogP contribution is -2.45. The maximum atomic E-state index is 12.0. The molecule has 22 heavy (non-hydrogen) atoms. The van der Waals surface area contributed by atoms with E-state index in [9.17, 15) is 9.90 Å². The topological polar surface area (TPSA) is 70.6 Å². The molecule has 0 aliphatic heterocycles. The number of carbonyl (C=O) groups excluding carboxylic acids is 1. The van der Waals surface area contributed by atoms with E-state index in [0.29, 0.717) is 11.4 Å². The summed E-state index contributed by atoms with van der Waals surface area (Å²) in [7, 11) is 0. The molecule has 0 atom stereocenters. The van der Waals surface area contributed by atoms with Gasteiger partial charge in [-0.1, -0.05) is 31.4 Å². The summed E-state index contributed by atoms with van der Waals surface area (Å²) in [5, 5.41) is 15.9. The van der Waals surface area contributed by atoms with E-state index < -0.39 is 5.60 Å². The molecule has 1 fully saturated rings. The Balaban J connectivity index is 1.89. The summed E-state index contributed by atoms with van der Waals surface area (Å²) >= 11 is 0. The molecule has 0 saturated heterocycles. The van der Waals surface area contributed by atoms with E-state index in [1.807, 2.05) is 32.0 Å². The fourth-order valence-corrected chi connectivity index (χ4v) is 2.72. The van der Waals surface area contributed by atoms with Crippen LogP contribution in [-0.2, 0) is 0 Å². The Bertz CT molecular complexity index is 496. The lowest BCUT2D eigenvalue weighted by molar-refractivity contribution is 0.00755. The van der Waals surface area contributed by atoms with Crippen LogP contribution in [0.4, 0.5) is 10.5 Å². The van der Waals surface area contributed by atoms with Gasteiger partial charge < -0.3 is 20.5 Å². The molecule has 1 saturated carbocycles. The molecule has 2 amide bonds. The second kappa shape index (κ2) is 7.49. The second-order valence-electron chi connectivity index (χ2n) is 6.26. The zero-order chi connectivity index (χ0) is 16.0. The molecule has 0 unspecified atom stereocenters. The van der Waals surface area contributed by atoms with E-state index in [-0.39, 0.29) is 18.7 Å². The van der Waals surface area contributed by atoms with Gasteiger partial charge in [0.15, 0.2) is 0 Å². The largest absolute Gasteiger partial charge is 0.489 e. The van der Waals surface area contributed by atoms with Crippen LogP contribution in [0.2, 0.25) is 0 Å². The summed E-state index contributed by atoms with van der Waals surface area (Å²) < 4.78 is 5.67. The summed E-state index contributed by atoms with van der Waals surface area (Å²) in [6.07, 6.45) is 4.74. The average Bonchev–Trinajstić information content (AvgIpc) is 2.48. The first-order chi connectivity index (χ1) is 10.5. The van der Waals surface area contributed by atoms with Crippen molar-refractivity contribution in [2.24, 2.45) is 0 Å². The number of para-hydroxylation sites is 2. The van der Waals surface area contributed by atoms with Gasteiger partial charge in [-0.2, -0.15) is 0 Å². The predicted molar refractivity (Wildman–Crippen MR) is 87.3 cm³/mol. The SMILES string of the molecule is CC(C)Oc1ccccc1NC(=O)NCC1(O)CCCCC1. The van der Waals surface area contributed by atoms with Gasteiger partial charge >= 0.3 is 6.03 Å². The predicted octanol–water partition coefficient (Wildman–Crippen LogP) is 3.29. The summed E-state index contributed by atoms with van der Waals surface area (Å²) in [6.45, 7) is 4.16. The summed E-state index contributed by atoms with van der Waals surface area (Å²) in [5.74, 6) is 0.643. The van der Waals surface area contributed by atoms with Gasteiger partial charge in [-0.3, -0.25) is 0 Å². The van der Waals surface area contributed by atoms with Gasteiger partial charge in [0.1, 0.15) is 5.75 Å². The summed E-state index contributed by atoms with van der Waals surface area (Å²) in [4.78, 5) is 12.0. The molecule has 5 heteroatoms. The van der Waals surface area contributed by atoms with E-state index in [0.717, 1.165) is 32.1 Å². The van der Waals surface area contributed by atoms with Crippen molar-refractivity contribution in [1.82, 2.24) is 5.32 Å². The summed E-state index contributed by atoms with van der Waals surface area (Å²) in [5.41, 5.74) is -0.131. The molecular weight excluding hydrogens is 280 g/mol. The number of urea groups is 1. The number of ether oxygens (including phenoxy) is 1. The number of nitrogens with one attached hydrogen (secondary N) is 2. The van der Waals surface area contributed by atoms with Crippen molar-refractivity contribution in [2.45, 2.75) is 57.7 Å². The molecule has 0 spiro atoms. The molecule has 2 rings (SSSR count). The quantitative estimate of drug-likeness (QED) is 0.781. The average molecular weight is 306 g/mol. The smallest absolute Gasteiger partial charge is 0.319 e. The van der Waals surface area contributed by atoms with Crippen molar-refractivity contribution < 1.29 is 14.6 Å². The van der Waals surface area contributed by atoms with Crippen molar-refractivity contribution in [2.75, 3.05) is 11.9 Å². The highest BCUT2D eigenvalue weighted by atomic mass is 16.5. The molecule has 0 bridgehead atoms. The van der Waals surface area contributed by atoms with Crippen molar-refractivity contribution in [3.63, 3.8) is 0 Å². The Kier molecular flexibility index (Phi) is 5.66. The molecule has 1 aromatic carbocycles. The van der Waals surface area contributed by atoms with Crippen molar-refractivity contribution >= 4 is 11.7 Å². The Labute approximate surface area is 132 Å². The Hall–Kier alpha value is -1.75. The molecule has 3 N–H and O–H groups in total. The molecule has 5 nitrogen and oxygen atoms in total. The molecule has 122 valence electrons. The number of hydrogen-bond acceptors (Lipinski definition) is 3. The fourth-order valence-electron chi connectivity index (χ4n) is 2.72. The summed E-state index contributed by atoms with van der Waals surface area (Å²) in [6, 6.07) is 7.01. The second-order valence-corrected chi connectivity index (χ2v) is 6.26.